The van der Waals surface area contributed by atoms with Crippen LogP contribution in [0.5, 0.6) is 0 Å². The number of nitrogens with zero attached hydrogens (tertiary/aromatic N) is 3. The van der Waals surface area contributed by atoms with Gasteiger partial charge in [-0.3, -0.25) is 15.0 Å². The lowest BCUT2D eigenvalue weighted by Crippen LogP contribution is -2.24. The van der Waals surface area contributed by atoms with Crippen molar-refractivity contribution in [3.8, 4) is 0 Å². The molecule has 0 saturated carbocycles. The SMILES string of the molecule is CCNC(Cc1ccc(Br)cn1)c1cnc(C)cn1. The summed E-state index contributed by atoms with van der Waals surface area (Å²) in [6, 6.07) is 4.18. The summed E-state index contributed by atoms with van der Waals surface area (Å²) in [5.74, 6) is 0. The van der Waals surface area contributed by atoms with E-state index >= 15 is 0 Å². The largest absolute Gasteiger partial charge is 0.309 e. The summed E-state index contributed by atoms with van der Waals surface area (Å²) in [5, 5.41) is 3.43. The standard InChI is InChI=1S/C14H17BrN4/c1-3-16-13(14-9-17-10(2)7-19-14)6-12-5-4-11(15)8-18-12/h4-5,7-9,13,16H,3,6H2,1-2H3. The van der Waals surface area contributed by atoms with Gasteiger partial charge in [-0.2, -0.15) is 0 Å². The number of nitrogens with one attached hydrogen (secondary N) is 1. The Bertz CT molecular complexity index is 510. The number of halogens is 1. The molecule has 1 unspecified atom stereocenters. The van der Waals surface area contributed by atoms with Gasteiger partial charge >= 0.3 is 0 Å². The minimum atomic E-state index is 0.145. The molecule has 1 atom stereocenters. The molecule has 0 aliphatic carbocycles. The van der Waals surface area contributed by atoms with Crippen LogP contribution in [0.2, 0.25) is 0 Å². The van der Waals surface area contributed by atoms with Crippen LogP contribution in [0.15, 0.2) is 35.2 Å². The van der Waals surface area contributed by atoms with E-state index in [2.05, 4.69) is 43.1 Å². The fraction of sp³-hybridized carbons (Fsp3) is 0.357. The molecule has 2 rings (SSSR count). The highest BCUT2D eigenvalue weighted by Crippen LogP contribution is 2.16. The molecule has 0 saturated heterocycles. The molecule has 0 aliphatic heterocycles. The highest BCUT2D eigenvalue weighted by molar-refractivity contribution is 9.10. The van der Waals surface area contributed by atoms with Gasteiger partial charge in [0.05, 0.1) is 23.6 Å². The molecular formula is C14H17BrN4. The molecule has 0 radical (unpaired) electrons. The van der Waals surface area contributed by atoms with Crippen LogP contribution in [-0.4, -0.2) is 21.5 Å². The first-order chi connectivity index (χ1) is 9.19. The number of hydrogen-bond donors (Lipinski definition) is 1. The van der Waals surface area contributed by atoms with Crippen molar-refractivity contribution in [2.45, 2.75) is 26.3 Å². The van der Waals surface area contributed by atoms with Crippen LogP contribution in [0.1, 0.15) is 30.0 Å². The molecule has 100 valence electrons. The fourth-order valence-electron chi connectivity index (χ4n) is 1.85. The summed E-state index contributed by atoms with van der Waals surface area (Å²) < 4.78 is 0.992. The lowest BCUT2D eigenvalue weighted by molar-refractivity contribution is 0.529. The zero-order chi connectivity index (χ0) is 13.7. The van der Waals surface area contributed by atoms with E-state index in [9.17, 15) is 0 Å². The van der Waals surface area contributed by atoms with Crippen LogP contribution in [0.3, 0.4) is 0 Å². The summed E-state index contributed by atoms with van der Waals surface area (Å²) in [6.45, 7) is 4.91. The van der Waals surface area contributed by atoms with Gasteiger partial charge in [0.1, 0.15) is 0 Å². The van der Waals surface area contributed by atoms with Crippen LogP contribution in [0.25, 0.3) is 0 Å². The maximum atomic E-state index is 4.45. The van der Waals surface area contributed by atoms with Crippen molar-refractivity contribution < 1.29 is 0 Å². The normalized spacial score (nSPS) is 12.4. The third-order valence-electron chi connectivity index (χ3n) is 2.81. The second-order valence-electron chi connectivity index (χ2n) is 4.36. The van der Waals surface area contributed by atoms with Gasteiger partial charge in [0.25, 0.3) is 0 Å². The monoisotopic (exact) mass is 320 g/mol. The Morgan fingerprint density at radius 3 is 2.58 bits per heavy atom. The molecule has 0 amide bonds. The number of rotatable bonds is 5. The third-order valence-corrected chi connectivity index (χ3v) is 3.28. The van der Waals surface area contributed by atoms with Crippen molar-refractivity contribution in [1.29, 1.82) is 0 Å². The molecule has 0 fully saturated rings. The number of pyridine rings is 1. The van der Waals surface area contributed by atoms with Crippen molar-refractivity contribution in [2.24, 2.45) is 0 Å². The Morgan fingerprint density at radius 2 is 2.00 bits per heavy atom. The predicted octanol–water partition coefficient (Wildman–Crippen LogP) is 2.84. The first-order valence-corrected chi connectivity index (χ1v) is 7.10. The van der Waals surface area contributed by atoms with Crippen LogP contribution < -0.4 is 5.32 Å². The molecule has 5 heteroatoms. The lowest BCUT2D eigenvalue weighted by atomic mass is 10.1. The maximum absolute atomic E-state index is 4.45. The summed E-state index contributed by atoms with van der Waals surface area (Å²) in [5.41, 5.74) is 2.93. The second-order valence-corrected chi connectivity index (χ2v) is 5.28. The minimum absolute atomic E-state index is 0.145. The first-order valence-electron chi connectivity index (χ1n) is 6.31. The van der Waals surface area contributed by atoms with Crippen LogP contribution in [0, 0.1) is 6.92 Å². The number of likely N-dealkylation sites (N-methyl/N-ethyl adjacent to an activating group) is 1. The van der Waals surface area contributed by atoms with E-state index in [1.165, 1.54) is 0 Å². The van der Waals surface area contributed by atoms with E-state index in [4.69, 9.17) is 0 Å². The summed E-state index contributed by atoms with van der Waals surface area (Å²) in [4.78, 5) is 13.2. The first kappa shape index (κ1) is 14.1. The Morgan fingerprint density at radius 1 is 1.16 bits per heavy atom. The molecule has 1 N–H and O–H groups in total. The van der Waals surface area contributed by atoms with Gasteiger partial charge < -0.3 is 5.32 Å². The molecular weight excluding hydrogens is 304 g/mol. The average Bonchev–Trinajstić information content (AvgIpc) is 2.42. The molecule has 0 aliphatic rings. The fourth-order valence-corrected chi connectivity index (χ4v) is 2.08. The zero-order valence-electron chi connectivity index (χ0n) is 11.1. The zero-order valence-corrected chi connectivity index (χ0v) is 12.7. The van der Waals surface area contributed by atoms with E-state index in [-0.39, 0.29) is 6.04 Å². The molecule has 0 spiro atoms. The van der Waals surface area contributed by atoms with Gasteiger partial charge in [-0.15, -0.1) is 0 Å². The highest BCUT2D eigenvalue weighted by Gasteiger charge is 2.13. The van der Waals surface area contributed by atoms with E-state index in [1.807, 2.05) is 31.5 Å². The Balaban J connectivity index is 2.15. The average molecular weight is 321 g/mol. The van der Waals surface area contributed by atoms with Gasteiger partial charge in [0.2, 0.25) is 0 Å². The quantitative estimate of drug-likeness (QED) is 0.920. The summed E-state index contributed by atoms with van der Waals surface area (Å²) in [6.07, 6.45) is 6.26. The van der Waals surface area contributed by atoms with Crippen LogP contribution in [-0.2, 0) is 6.42 Å². The summed E-state index contributed by atoms with van der Waals surface area (Å²) in [7, 11) is 0. The molecule has 0 aromatic carbocycles. The number of hydrogen-bond acceptors (Lipinski definition) is 4. The third kappa shape index (κ3) is 4.08. The second kappa shape index (κ2) is 6.73. The van der Waals surface area contributed by atoms with Crippen molar-refractivity contribution in [3.63, 3.8) is 0 Å². The highest BCUT2D eigenvalue weighted by atomic mass is 79.9. The number of aromatic nitrogens is 3. The van der Waals surface area contributed by atoms with Gasteiger partial charge in [0, 0.05) is 29.0 Å². The molecule has 2 aromatic heterocycles. The van der Waals surface area contributed by atoms with Crippen molar-refractivity contribution >= 4 is 15.9 Å². The number of aryl methyl sites for hydroxylation is 1. The van der Waals surface area contributed by atoms with Crippen LogP contribution >= 0.6 is 15.9 Å². The van der Waals surface area contributed by atoms with Gasteiger partial charge in [-0.05, 0) is 41.5 Å². The van der Waals surface area contributed by atoms with E-state index in [0.29, 0.717) is 0 Å². The Hall–Kier alpha value is -1.33. The molecule has 19 heavy (non-hydrogen) atoms. The maximum Gasteiger partial charge on any atom is 0.0760 e. The molecule has 2 aromatic rings. The van der Waals surface area contributed by atoms with Gasteiger partial charge in [0.15, 0.2) is 0 Å². The van der Waals surface area contributed by atoms with E-state index in [1.54, 1.807) is 6.20 Å². The molecule has 0 bridgehead atoms. The molecule has 2 heterocycles. The van der Waals surface area contributed by atoms with Crippen molar-refractivity contribution in [3.05, 3.63) is 52.3 Å². The predicted molar refractivity (Wildman–Crippen MR) is 78.8 cm³/mol. The van der Waals surface area contributed by atoms with Gasteiger partial charge in [-0.1, -0.05) is 6.92 Å². The smallest absolute Gasteiger partial charge is 0.0760 e. The van der Waals surface area contributed by atoms with Crippen molar-refractivity contribution in [2.75, 3.05) is 6.54 Å². The topological polar surface area (TPSA) is 50.7 Å². The molecule has 4 nitrogen and oxygen atoms in total. The van der Waals surface area contributed by atoms with Crippen molar-refractivity contribution in [1.82, 2.24) is 20.3 Å². The lowest BCUT2D eigenvalue weighted by Gasteiger charge is -2.16. The minimum Gasteiger partial charge on any atom is -0.309 e. The van der Waals surface area contributed by atoms with Gasteiger partial charge in [-0.25, -0.2) is 0 Å². The van der Waals surface area contributed by atoms with Crippen LogP contribution in [0.4, 0.5) is 0 Å². The van der Waals surface area contributed by atoms with E-state index in [0.717, 1.165) is 34.5 Å². The Kier molecular flexibility index (Phi) is 4.99. The van der Waals surface area contributed by atoms with E-state index < -0.39 is 0 Å². The Labute approximate surface area is 121 Å². The summed E-state index contributed by atoms with van der Waals surface area (Å²) >= 11 is 3.39.